The molecule has 3 aromatic rings. The van der Waals surface area contributed by atoms with E-state index in [2.05, 4.69) is 31.3 Å². The number of furan rings is 1. The van der Waals surface area contributed by atoms with Gasteiger partial charge in [0.05, 0.1) is 11.7 Å². The second-order valence-electron chi connectivity index (χ2n) is 5.19. The second-order valence-corrected chi connectivity index (χ2v) is 5.97. The van der Waals surface area contributed by atoms with Gasteiger partial charge in [0.2, 0.25) is 0 Å². The van der Waals surface area contributed by atoms with Crippen LogP contribution in [0.1, 0.15) is 34.6 Å². The van der Waals surface area contributed by atoms with Crippen molar-refractivity contribution in [2.75, 3.05) is 0 Å². The molecule has 0 saturated carbocycles. The zero-order chi connectivity index (χ0) is 16.4. The van der Waals surface area contributed by atoms with Gasteiger partial charge in [0.1, 0.15) is 12.7 Å². The summed E-state index contributed by atoms with van der Waals surface area (Å²) in [6.07, 6.45) is 3.12. The number of nitrogens with one attached hydrogen (secondary N) is 1. The van der Waals surface area contributed by atoms with Crippen LogP contribution in [0.15, 0.2) is 52.1 Å². The largest absolute Gasteiger partial charge is 0.444 e. The van der Waals surface area contributed by atoms with Gasteiger partial charge in [0.25, 0.3) is 5.91 Å². The molecule has 0 aliphatic rings. The van der Waals surface area contributed by atoms with Crippen molar-refractivity contribution < 1.29 is 9.21 Å². The predicted octanol–water partition coefficient (Wildman–Crippen LogP) is 3.42. The Kier molecular flexibility index (Phi) is 4.29. The smallest absolute Gasteiger partial charge is 0.287 e. The summed E-state index contributed by atoms with van der Waals surface area (Å²) in [5, 5.41) is 7.01. The van der Waals surface area contributed by atoms with E-state index in [-0.39, 0.29) is 11.9 Å². The average molecular weight is 375 g/mol. The Labute approximate surface area is 141 Å². The third kappa shape index (κ3) is 3.34. The molecule has 2 heterocycles. The molecular formula is C16H15BrN4O2. The lowest BCUT2D eigenvalue weighted by molar-refractivity contribution is 0.0909. The Morgan fingerprint density at radius 3 is 2.65 bits per heavy atom. The first-order valence-corrected chi connectivity index (χ1v) is 7.85. The minimum absolute atomic E-state index is 0.143. The van der Waals surface area contributed by atoms with Gasteiger partial charge in [-0.3, -0.25) is 4.79 Å². The number of rotatable bonds is 4. The molecule has 0 aliphatic carbocycles. The number of amides is 1. The summed E-state index contributed by atoms with van der Waals surface area (Å²) in [6, 6.07) is 9.39. The van der Waals surface area contributed by atoms with Gasteiger partial charge in [0.15, 0.2) is 10.4 Å². The van der Waals surface area contributed by atoms with Crippen molar-refractivity contribution in [3.63, 3.8) is 0 Å². The van der Waals surface area contributed by atoms with E-state index in [0.29, 0.717) is 10.4 Å². The average Bonchev–Trinajstić information content (AvgIpc) is 3.17. The number of carbonyl (C=O) groups excluding carboxylic acids is 1. The van der Waals surface area contributed by atoms with E-state index in [1.807, 2.05) is 38.1 Å². The number of aromatic nitrogens is 3. The van der Waals surface area contributed by atoms with E-state index in [1.165, 1.54) is 6.33 Å². The standard InChI is InChI=1S/C16H15BrN4O2/c1-10-7-14(17)23-15(10)16(22)20-11(2)12-3-5-13(6-4-12)21-9-18-8-19-21/h3-9,11H,1-2H3,(H,20,22). The number of carbonyl (C=O) groups is 1. The molecule has 0 radical (unpaired) electrons. The van der Waals surface area contributed by atoms with Crippen LogP contribution in [0.25, 0.3) is 5.69 Å². The van der Waals surface area contributed by atoms with Crippen LogP contribution in [0.2, 0.25) is 0 Å². The lowest BCUT2D eigenvalue weighted by Gasteiger charge is -2.14. The number of halogens is 1. The molecule has 1 aromatic carbocycles. The highest BCUT2D eigenvalue weighted by molar-refractivity contribution is 9.10. The summed E-state index contributed by atoms with van der Waals surface area (Å²) < 4.78 is 7.59. The van der Waals surface area contributed by atoms with Crippen molar-refractivity contribution in [1.82, 2.24) is 20.1 Å². The molecule has 6 nitrogen and oxygen atoms in total. The van der Waals surface area contributed by atoms with Gasteiger partial charge in [-0.1, -0.05) is 12.1 Å². The molecule has 0 aliphatic heterocycles. The van der Waals surface area contributed by atoms with Crippen LogP contribution in [-0.4, -0.2) is 20.7 Å². The van der Waals surface area contributed by atoms with E-state index in [1.54, 1.807) is 17.1 Å². The molecule has 0 spiro atoms. The third-order valence-corrected chi connectivity index (χ3v) is 3.91. The Morgan fingerprint density at radius 2 is 2.09 bits per heavy atom. The first-order valence-electron chi connectivity index (χ1n) is 7.06. The Hall–Kier alpha value is -2.41. The zero-order valence-corrected chi connectivity index (χ0v) is 14.2. The highest BCUT2D eigenvalue weighted by Crippen LogP contribution is 2.21. The van der Waals surface area contributed by atoms with Crippen LogP contribution < -0.4 is 5.32 Å². The first kappa shape index (κ1) is 15.5. The Balaban J connectivity index is 1.72. The normalized spacial score (nSPS) is 12.1. The summed E-state index contributed by atoms with van der Waals surface area (Å²) >= 11 is 3.23. The number of benzene rings is 1. The molecule has 0 bridgehead atoms. The molecule has 2 aromatic heterocycles. The van der Waals surface area contributed by atoms with Crippen molar-refractivity contribution in [3.05, 3.63) is 64.5 Å². The maximum Gasteiger partial charge on any atom is 0.287 e. The van der Waals surface area contributed by atoms with Crippen molar-refractivity contribution in [3.8, 4) is 5.69 Å². The quantitative estimate of drug-likeness (QED) is 0.759. The van der Waals surface area contributed by atoms with Crippen molar-refractivity contribution in [2.24, 2.45) is 0 Å². The first-order chi connectivity index (χ1) is 11.0. The van der Waals surface area contributed by atoms with Gasteiger partial charge in [0, 0.05) is 5.56 Å². The molecule has 1 atom stereocenters. The summed E-state index contributed by atoms with van der Waals surface area (Å²) in [4.78, 5) is 16.2. The van der Waals surface area contributed by atoms with Gasteiger partial charge >= 0.3 is 0 Å². The van der Waals surface area contributed by atoms with E-state index in [9.17, 15) is 4.79 Å². The SMILES string of the molecule is Cc1cc(Br)oc1C(=O)NC(C)c1ccc(-n2cncn2)cc1. The molecular weight excluding hydrogens is 360 g/mol. The van der Waals surface area contributed by atoms with Crippen LogP contribution in [0.4, 0.5) is 0 Å². The summed E-state index contributed by atoms with van der Waals surface area (Å²) in [5.74, 6) is 0.0870. The van der Waals surface area contributed by atoms with E-state index in [0.717, 1.165) is 16.8 Å². The summed E-state index contributed by atoms with van der Waals surface area (Å²) in [5.41, 5.74) is 2.70. The van der Waals surface area contributed by atoms with Gasteiger partial charge in [-0.2, -0.15) is 5.10 Å². The molecule has 1 amide bonds. The molecule has 1 unspecified atom stereocenters. The monoisotopic (exact) mass is 374 g/mol. The minimum atomic E-state index is -0.235. The van der Waals surface area contributed by atoms with E-state index < -0.39 is 0 Å². The number of aryl methyl sites for hydroxylation is 1. The Bertz CT molecular complexity index is 809. The highest BCUT2D eigenvalue weighted by Gasteiger charge is 2.17. The number of hydrogen-bond donors (Lipinski definition) is 1. The summed E-state index contributed by atoms with van der Waals surface area (Å²) in [6.45, 7) is 3.76. The number of hydrogen-bond acceptors (Lipinski definition) is 4. The van der Waals surface area contributed by atoms with Gasteiger partial charge in [-0.25, -0.2) is 9.67 Å². The molecule has 3 rings (SSSR count). The molecule has 7 heteroatoms. The van der Waals surface area contributed by atoms with Crippen LogP contribution in [0, 0.1) is 6.92 Å². The predicted molar refractivity (Wildman–Crippen MR) is 88.4 cm³/mol. The van der Waals surface area contributed by atoms with Crippen LogP contribution in [0.3, 0.4) is 0 Å². The van der Waals surface area contributed by atoms with Gasteiger partial charge in [-0.15, -0.1) is 0 Å². The second kappa shape index (κ2) is 6.37. The van der Waals surface area contributed by atoms with Gasteiger partial charge < -0.3 is 9.73 Å². The highest BCUT2D eigenvalue weighted by atomic mass is 79.9. The Morgan fingerprint density at radius 1 is 1.35 bits per heavy atom. The fourth-order valence-corrected chi connectivity index (χ4v) is 2.78. The topological polar surface area (TPSA) is 73.0 Å². The van der Waals surface area contributed by atoms with E-state index in [4.69, 9.17) is 4.42 Å². The summed E-state index contributed by atoms with van der Waals surface area (Å²) in [7, 11) is 0. The van der Waals surface area contributed by atoms with E-state index >= 15 is 0 Å². The molecule has 0 saturated heterocycles. The maximum absolute atomic E-state index is 12.3. The molecule has 118 valence electrons. The molecule has 23 heavy (non-hydrogen) atoms. The maximum atomic E-state index is 12.3. The van der Waals surface area contributed by atoms with Crippen LogP contribution in [0.5, 0.6) is 0 Å². The molecule has 0 fully saturated rings. The third-order valence-electron chi connectivity index (χ3n) is 3.52. The van der Waals surface area contributed by atoms with Crippen molar-refractivity contribution in [2.45, 2.75) is 19.9 Å². The van der Waals surface area contributed by atoms with Crippen LogP contribution >= 0.6 is 15.9 Å². The lowest BCUT2D eigenvalue weighted by Crippen LogP contribution is -2.26. The lowest BCUT2D eigenvalue weighted by atomic mass is 10.1. The van der Waals surface area contributed by atoms with Gasteiger partial charge in [-0.05, 0) is 53.5 Å². The zero-order valence-electron chi connectivity index (χ0n) is 12.7. The minimum Gasteiger partial charge on any atom is -0.444 e. The van der Waals surface area contributed by atoms with Crippen molar-refractivity contribution in [1.29, 1.82) is 0 Å². The fraction of sp³-hybridized carbons (Fsp3) is 0.188. The fourth-order valence-electron chi connectivity index (χ4n) is 2.27. The van der Waals surface area contributed by atoms with Crippen LogP contribution in [-0.2, 0) is 0 Å². The molecule has 1 N–H and O–H groups in total. The number of nitrogens with zero attached hydrogens (tertiary/aromatic N) is 3. The van der Waals surface area contributed by atoms with Crippen molar-refractivity contribution >= 4 is 21.8 Å².